The van der Waals surface area contributed by atoms with Gasteiger partial charge < -0.3 is 20.3 Å². The molecule has 2 aromatic rings. The summed E-state index contributed by atoms with van der Waals surface area (Å²) in [5.41, 5.74) is 0.721. The molecular weight excluding hydrogens is 308 g/mol. The highest BCUT2D eigenvalue weighted by Gasteiger charge is 2.14. The number of amides is 1. The molecule has 2 aromatic carbocycles. The number of ether oxygens (including phenoxy) is 1. The first kappa shape index (κ1) is 16.5. The van der Waals surface area contributed by atoms with E-state index in [9.17, 15) is 23.8 Å². The molecular formula is C16H15F2NO4. The van der Waals surface area contributed by atoms with Crippen molar-refractivity contribution in [3.05, 3.63) is 53.6 Å². The van der Waals surface area contributed by atoms with Gasteiger partial charge in [-0.1, -0.05) is 18.2 Å². The Kier molecular flexibility index (Phi) is 5.35. The Balaban J connectivity index is 1.96. The zero-order valence-corrected chi connectivity index (χ0v) is 12.0. The zero-order valence-electron chi connectivity index (χ0n) is 12.0. The summed E-state index contributed by atoms with van der Waals surface area (Å²) in [4.78, 5) is 12.0. The van der Waals surface area contributed by atoms with E-state index in [0.717, 1.165) is 0 Å². The third kappa shape index (κ3) is 4.57. The smallest absolute Gasteiger partial charge is 0.387 e. The van der Waals surface area contributed by atoms with Crippen LogP contribution >= 0.6 is 0 Å². The first-order valence-corrected chi connectivity index (χ1v) is 6.80. The largest absolute Gasteiger partial charge is 0.504 e. The average Bonchev–Trinajstić information content (AvgIpc) is 2.50. The van der Waals surface area contributed by atoms with Crippen molar-refractivity contribution in [2.45, 2.75) is 13.0 Å². The van der Waals surface area contributed by atoms with Crippen molar-refractivity contribution in [3.8, 4) is 17.2 Å². The number of carbonyl (C=O) groups excluding carboxylic acids is 1. The van der Waals surface area contributed by atoms with Crippen molar-refractivity contribution >= 4 is 5.91 Å². The highest BCUT2D eigenvalue weighted by molar-refractivity contribution is 5.96. The molecule has 5 nitrogen and oxygen atoms in total. The van der Waals surface area contributed by atoms with Gasteiger partial charge in [0.1, 0.15) is 5.75 Å². The molecule has 23 heavy (non-hydrogen) atoms. The summed E-state index contributed by atoms with van der Waals surface area (Å²) in [6, 6.07) is 10.1. The molecule has 2 rings (SSSR count). The van der Waals surface area contributed by atoms with Crippen molar-refractivity contribution in [2.75, 3.05) is 6.54 Å². The Hall–Kier alpha value is -2.83. The fourth-order valence-electron chi connectivity index (χ4n) is 1.99. The number of hydrogen-bond donors (Lipinski definition) is 3. The first-order chi connectivity index (χ1) is 11.0. The van der Waals surface area contributed by atoms with Crippen LogP contribution in [0.4, 0.5) is 8.78 Å². The molecule has 0 radical (unpaired) electrons. The monoisotopic (exact) mass is 323 g/mol. The van der Waals surface area contributed by atoms with E-state index in [1.54, 1.807) is 12.1 Å². The lowest BCUT2D eigenvalue weighted by Crippen LogP contribution is -2.26. The lowest BCUT2D eigenvalue weighted by molar-refractivity contribution is -0.0501. The maximum absolute atomic E-state index is 12.3. The van der Waals surface area contributed by atoms with E-state index in [1.165, 1.54) is 30.3 Å². The van der Waals surface area contributed by atoms with E-state index in [4.69, 9.17) is 0 Å². The second-order valence-corrected chi connectivity index (χ2v) is 4.70. The van der Waals surface area contributed by atoms with Crippen molar-refractivity contribution in [1.82, 2.24) is 5.32 Å². The fourth-order valence-corrected chi connectivity index (χ4v) is 1.99. The van der Waals surface area contributed by atoms with E-state index >= 15 is 0 Å². The molecule has 0 aliphatic heterocycles. The number of alkyl halides is 2. The highest BCUT2D eigenvalue weighted by Crippen LogP contribution is 2.25. The van der Waals surface area contributed by atoms with Crippen molar-refractivity contribution in [1.29, 1.82) is 0 Å². The number of phenolic OH excluding ortho intramolecular Hbond substituents is 2. The van der Waals surface area contributed by atoms with Gasteiger partial charge in [0, 0.05) is 6.54 Å². The Bertz CT molecular complexity index is 692. The molecule has 0 saturated carbocycles. The van der Waals surface area contributed by atoms with Gasteiger partial charge in [0.15, 0.2) is 11.5 Å². The number of halogens is 2. The Morgan fingerprint density at radius 2 is 1.87 bits per heavy atom. The predicted octanol–water partition coefficient (Wildman–Crippen LogP) is 2.67. The van der Waals surface area contributed by atoms with E-state index in [2.05, 4.69) is 10.1 Å². The van der Waals surface area contributed by atoms with Crippen LogP contribution in [0, 0.1) is 0 Å². The van der Waals surface area contributed by atoms with Gasteiger partial charge >= 0.3 is 6.61 Å². The molecule has 0 bridgehead atoms. The normalized spacial score (nSPS) is 10.6. The van der Waals surface area contributed by atoms with Gasteiger partial charge in [0.2, 0.25) is 0 Å². The molecule has 0 unspecified atom stereocenters. The van der Waals surface area contributed by atoms with Gasteiger partial charge in [-0.3, -0.25) is 4.79 Å². The van der Waals surface area contributed by atoms with Crippen LogP contribution in [0.25, 0.3) is 0 Å². The number of para-hydroxylation sites is 1. The van der Waals surface area contributed by atoms with Crippen LogP contribution < -0.4 is 10.1 Å². The van der Waals surface area contributed by atoms with Gasteiger partial charge in [0.25, 0.3) is 5.91 Å². The molecule has 122 valence electrons. The minimum atomic E-state index is -3.01. The summed E-state index contributed by atoms with van der Waals surface area (Å²) in [5, 5.41) is 21.2. The van der Waals surface area contributed by atoms with Crippen LogP contribution in [0.5, 0.6) is 17.2 Å². The molecule has 0 spiro atoms. The predicted molar refractivity (Wildman–Crippen MR) is 78.9 cm³/mol. The molecule has 0 saturated heterocycles. The molecule has 3 N–H and O–H groups in total. The lowest BCUT2D eigenvalue weighted by Gasteiger charge is -2.11. The maximum Gasteiger partial charge on any atom is 0.387 e. The molecule has 0 aliphatic rings. The molecule has 0 aromatic heterocycles. The second kappa shape index (κ2) is 7.44. The molecule has 0 fully saturated rings. The van der Waals surface area contributed by atoms with Crippen molar-refractivity contribution in [2.24, 2.45) is 0 Å². The molecule has 0 atom stereocenters. The SMILES string of the molecule is O=C(NCCc1ccc(O)c(O)c1)c1ccccc1OC(F)F. The fraction of sp³-hybridized carbons (Fsp3) is 0.188. The first-order valence-electron chi connectivity index (χ1n) is 6.80. The van der Waals surface area contributed by atoms with E-state index in [1.807, 2.05) is 0 Å². The number of phenols is 2. The average molecular weight is 323 g/mol. The second-order valence-electron chi connectivity index (χ2n) is 4.70. The quantitative estimate of drug-likeness (QED) is 0.714. The maximum atomic E-state index is 12.3. The van der Waals surface area contributed by atoms with Gasteiger partial charge in [-0.05, 0) is 36.2 Å². The number of aromatic hydroxyl groups is 2. The van der Waals surface area contributed by atoms with E-state index < -0.39 is 12.5 Å². The van der Waals surface area contributed by atoms with Crippen LogP contribution in [0.3, 0.4) is 0 Å². The third-order valence-corrected chi connectivity index (χ3v) is 3.09. The lowest BCUT2D eigenvalue weighted by atomic mass is 10.1. The van der Waals surface area contributed by atoms with Crippen molar-refractivity contribution < 1.29 is 28.5 Å². The molecule has 0 aliphatic carbocycles. The minimum Gasteiger partial charge on any atom is -0.504 e. The standard InChI is InChI=1S/C16H15F2NO4/c17-16(18)23-14-4-2-1-3-11(14)15(22)19-8-7-10-5-6-12(20)13(21)9-10/h1-6,9,16,20-21H,7-8H2,(H,19,22). The van der Waals surface area contributed by atoms with E-state index in [-0.39, 0.29) is 29.4 Å². The highest BCUT2D eigenvalue weighted by atomic mass is 19.3. The summed E-state index contributed by atoms with van der Waals surface area (Å²) < 4.78 is 28.9. The Labute approximate surface area is 131 Å². The number of hydrogen-bond acceptors (Lipinski definition) is 4. The molecule has 0 heterocycles. The third-order valence-electron chi connectivity index (χ3n) is 3.09. The van der Waals surface area contributed by atoms with E-state index in [0.29, 0.717) is 12.0 Å². The molecule has 7 heteroatoms. The number of carbonyl (C=O) groups is 1. The zero-order chi connectivity index (χ0) is 16.8. The number of rotatable bonds is 6. The number of nitrogens with one attached hydrogen (secondary N) is 1. The van der Waals surface area contributed by atoms with Gasteiger partial charge in [0.05, 0.1) is 5.56 Å². The summed E-state index contributed by atoms with van der Waals surface area (Å²) in [7, 11) is 0. The van der Waals surface area contributed by atoms with Crippen LogP contribution in [0.15, 0.2) is 42.5 Å². The summed E-state index contributed by atoms with van der Waals surface area (Å²) in [5.74, 6) is -1.20. The summed E-state index contributed by atoms with van der Waals surface area (Å²) >= 11 is 0. The van der Waals surface area contributed by atoms with Crippen LogP contribution in [0.2, 0.25) is 0 Å². The Morgan fingerprint density at radius 1 is 1.13 bits per heavy atom. The van der Waals surface area contributed by atoms with Crippen LogP contribution in [-0.4, -0.2) is 29.3 Å². The number of benzene rings is 2. The van der Waals surface area contributed by atoms with Crippen LogP contribution in [0.1, 0.15) is 15.9 Å². The van der Waals surface area contributed by atoms with Crippen LogP contribution in [-0.2, 0) is 6.42 Å². The Morgan fingerprint density at radius 3 is 2.57 bits per heavy atom. The van der Waals surface area contributed by atoms with Gasteiger partial charge in [-0.15, -0.1) is 0 Å². The van der Waals surface area contributed by atoms with Gasteiger partial charge in [-0.2, -0.15) is 8.78 Å². The molecule has 1 amide bonds. The summed E-state index contributed by atoms with van der Waals surface area (Å²) in [6.07, 6.45) is 0.400. The summed E-state index contributed by atoms with van der Waals surface area (Å²) in [6.45, 7) is -2.78. The minimum absolute atomic E-state index is 0.0151. The van der Waals surface area contributed by atoms with Gasteiger partial charge in [-0.25, -0.2) is 0 Å². The van der Waals surface area contributed by atoms with Crippen molar-refractivity contribution in [3.63, 3.8) is 0 Å². The topological polar surface area (TPSA) is 78.8 Å².